The van der Waals surface area contributed by atoms with Gasteiger partial charge in [0.25, 0.3) is 0 Å². The zero-order valence-corrected chi connectivity index (χ0v) is 13.8. The van der Waals surface area contributed by atoms with E-state index in [1.54, 1.807) is 12.4 Å². The normalized spacial score (nSPS) is 21.6. The average Bonchev–Trinajstić information content (AvgIpc) is 2.58. The molecular weight excluding hydrogens is 315 g/mol. The van der Waals surface area contributed by atoms with Crippen LogP contribution >= 0.6 is 11.6 Å². The maximum absolute atomic E-state index is 13.1. The fourth-order valence-corrected chi connectivity index (χ4v) is 3.20. The standard InChI is InChI=1S/C18H20ClFN2O/c1-22(12-14-6-8-21-11-17(14)19)16-7-9-23-18(10-16)13-2-4-15(20)5-3-13/h2-6,8,11,16,18H,7,9-10,12H2,1H3/t16-,18+/m1/s1. The summed E-state index contributed by atoms with van der Waals surface area (Å²) in [5.41, 5.74) is 2.11. The van der Waals surface area contributed by atoms with Gasteiger partial charge in [0.1, 0.15) is 5.82 Å². The molecule has 3 rings (SSSR count). The molecule has 0 spiro atoms. The Morgan fingerprint density at radius 2 is 2.09 bits per heavy atom. The second-order valence-corrected chi connectivity index (χ2v) is 6.38. The van der Waals surface area contributed by atoms with Gasteiger partial charge in [-0.3, -0.25) is 9.88 Å². The van der Waals surface area contributed by atoms with Crippen molar-refractivity contribution in [1.29, 1.82) is 0 Å². The lowest BCUT2D eigenvalue weighted by Crippen LogP contribution is -2.37. The molecule has 0 unspecified atom stereocenters. The largest absolute Gasteiger partial charge is 0.373 e. The van der Waals surface area contributed by atoms with Gasteiger partial charge >= 0.3 is 0 Å². The predicted octanol–water partition coefficient (Wildman–Crippen LogP) is 4.23. The molecule has 0 radical (unpaired) electrons. The molecule has 2 heterocycles. The quantitative estimate of drug-likeness (QED) is 0.836. The minimum atomic E-state index is -0.217. The second kappa shape index (κ2) is 7.39. The minimum absolute atomic E-state index is 0.0183. The van der Waals surface area contributed by atoms with Gasteiger partial charge in [0.15, 0.2) is 0 Å². The van der Waals surface area contributed by atoms with Gasteiger partial charge < -0.3 is 4.74 Å². The van der Waals surface area contributed by atoms with E-state index in [2.05, 4.69) is 16.9 Å². The summed E-state index contributed by atoms with van der Waals surface area (Å²) in [6.45, 7) is 1.49. The van der Waals surface area contributed by atoms with Crippen molar-refractivity contribution in [2.75, 3.05) is 13.7 Å². The molecule has 0 amide bonds. The molecule has 0 aliphatic carbocycles. The van der Waals surface area contributed by atoms with E-state index in [0.717, 1.165) is 30.5 Å². The second-order valence-electron chi connectivity index (χ2n) is 5.97. The van der Waals surface area contributed by atoms with Gasteiger partial charge in [-0.2, -0.15) is 0 Å². The van der Waals surface area contributed by atoms with Crippen molar-refractivity contribution < 1.29 is 9.13 Å². The topological polar surface area (TPSA) is 25.4 Å². The van der Waals surface area contributed by atoms with Gasteiger partial charge in [-0.15, -0.1) is 0 Å². The molecule has 1 aliphatic rings. The molecule has 2 aromatic rings. The van der Waals surface area contributed by atoms with Crippen molar-refractivity contribution in [2.45, 2.75) is 31.5 Å². The van der Waals surface area contributed by atoms with E-state index in [4.69, 9.17) is 16.3 Å². The summed E-state index contributed by atoms with van der Waals surface area (Å²) >= 11 is 6.20. The summed E-state index contributed by atoms with van der Waals surface area (Å²) < 4.78 is 18.9. The van der Waals surface area contributed by atoms with Crippen LogP contribution in [0.15, 0.2) is 42.7 Å². The molecule has 1 aliphatic heterocycles. The van der Waals surface area contributed by atoms with Gasteiger partial charge in [0.05, 0.1) is 11.1 Å². The van der Waals surface area contributed by atoms with Crippen LogP contribution in [0.2, 0.25) is 5.02 Å². The molecule has 2 atom stereocenters. The number of benzene rings is 1. The molecule has 23 heavy (non-hydrogen) atoms. The molecule has 1 saturated heterocycles. The maximum Gasteiger partial charge on any atom is 0.123 e. The van der Waals surface area contributed by atoms with Crippen LogP contribution in [-0.2, 0) is 11.3 Å². The molecule has 0 saturated carbocycles. The van der Waals surface area contributed by atoms with Crippen molar-refractivity contribution >= 4 is 11.6 Å². The maximum atomic E-state index is 13.1. The summed E-state index contributed by atoms with van der Waals surface area (Å²) in [6.07, 6.45) is 5.34. The number of aromatic nitrogens is 1. The zero-order chi connectivity index (χ0) is 16.2. The summed E-state index contributed by atoms with van der Waals surface area (Å²) in [5, 5.41) is 0.696. The van der Waals surface area contributed by atoms with Crippen LogP contribution in [0.5, 0.6) is 0 Å². The number of ether oxygens (including phenoxy) is 1. The first-order chi connectivity index (χ1) is 11.1. The van der Waals surface area contributed by atoms with Crippen LogP contribution in [0.25, 0.3) is 0 Å². The van der Waals surface area contributed by atoms with Crippen LogP contribution in [0.3, 0.4) is 0 Å². The van der Waals surface area contributed by atoms with E-state index < -0.39 is 0 Å². The molecule has 122 valence electrons. The molecule has 5 heteroatoms. The molecule has 0 N–H and O–H groups in total. The summed E-state index contributed by atoms with van der Waals surface area (Å²) in [4.78, 5) is 6.33. The van der Waals surface area contributed by atoms with Crippen molar-refractivity contribution in [3.05, 3.63) is 64.7 Å². The van der Waals surface area contributed by atoms with Crippen molar-refractivity contribution in [1.82, 2.24) is 9.88 Å². The molecular formula is C18H20ClFN2O. The first-order valence-corrected chi connectivity index (χ1v) is 8.17. The van der Waals surface area contributed by atoms with Gasteiger partial charge in [0, 0.05) is 31.6 Å². The fraction of sp³-hybridized carbons (Fsp3) is 0.389. The SMILES string of the molecule is CN(Cc1ccncc1Cl)[C@@H]1CCO[C@H](c2ccc(F)cc2)C1. The number of hydrogen-bond donors (Lipinski definition) is 0. The Morgan fingerprint density at radius 1 is 1.30 bits per heavy atom. The van der Waals surface area contributed by atoms with E-state index in [1.807, 2.05) is 18.2 Å². The third-order valence-electron chi connectivity index (χ3n) is 4.40. The van der Waals surface area contributed by atoms with Crippen molar-refractivity contribution in [3.63, 3.8) is 0 Å². The Balaban J connectivity index is 1.66. The predicted molar refractivity (Wildman–Crippen MR) is 88.8 cm³/mol. The van der Waals surface area contributed by atoms with Crippen LogP contribution < -0.4 is 0 Å². The van der Waals surface area contributed by atoms with Crippen molar-refractivity contribution in [3.8, 4) is 0 Å². The third-order valence-corrected chi connectivity index (χ3v) is 4.74. The molecule has 3 nitrogen and oxygen atoms in total. The van der Waals surface area contributed by atoms with Crippen LogP contribution in [-0.4, -0.2) is 29.6 Å². The van der Waals surface area contributed by atoms with Gasteiger partial charge in [-0.05, 0) is 49.2 Å². The van der Waals surface area contributed by atoms with E-state index in [1.165, 1.54) is 12.1 Å². The average molecular weight is 335 g/mol. The van der Waals surface area contributed by atoms with Crippen LogP contribution in [0.1, 0.15) is 30.1 Å². The summed E-state index contributed by atoms with van der Waals surface area (Å²) in [7, 11) is 2.11. The van der Waals surface area contributed by atoms with Gasteiger partial charge in [-0.1, -0.05) is 23.7 Å². The molecule has 1 aromatic carbocycles. The Morgan fingerprint density at radius 3 is 2.83 bits per heavy atom. The highest BCUT2D eigenvalue weighted by atomic mass is 35.5. The summed E-state index contributed by atoms with van der Waals surface area (Å²) in [5.74, 6) is -0.217. The first-order valence-electron chi connectivity index (χ1n) is 7.79. The van der Waals surface area contributed by atoms with E-state index in [0.29, 0.717) is 17.7 Å². The van der Waals surface area contributed by atoms with Crippen molar-refractivity contribution in [2.24, 2.45) is 0 Å². The smallest absolute Gasteiger partial charge is 0.123 e. The Hall–Kier alpha value is -1.49. The number of rotatable bonds is 4. The van der Waals surface area contributed by atoms with Crippen LogP contribution in [0, 0.1) is 5.82 Å². The Labute approximate surface area is 141 Å². The molecule has 1 fully saturated rings. The lowest BCUT2D eigenvalue weighted by atomic mass is 9.96. The van der Waals surface area contributed by atoms with E-state index >= 15 is 0 Å². The van der Waals surface area contributed by atoms with Crippen LogP contribution in [0.4, 0.5) is 4.39 Å². The number of halogens is 2. The van der Waals surface area contributed by atoms with Gasteiger partial charge in [0.2, 0.25) is 0 Å². The first kappa shape index (κ1) is 16.4. The zero-order valence-electron chi connectivity index (χ0n) is 13.1. The summed E-state index contributed by atoms with van der Waals surface area (Å²) in [6, 6.07) is 8.95. The highest BCUT2D eigenvalue weighted by Gasteiger charge is 2.26. The minimum Gasteiger partial charge on any atom is -0.373 e. The fourth-order valence-electron chi connectivity index (χ4n) is 3.02. The lowest BCUT2D eigenvalue weighted by molar-refractivity contribution is -0.0249. The lowest BCUT2D eigenvalue weighted by Gasteiger charge is -2.35. The third kappa shape index (κ3) is 4.08. The monoisotopic (exact) mass is 334 g/mol. The van der Waals surface area contributed by atoms with E-state index in [-0.39, 0.29) is 11.9 Å². The van der Waals surface area contributed by atoms with Gasteiger partial charge in [-0.25, -0.2) is 4.39 Å². The number of nitrogens with zero attached hydrogens (tertiary/aromatic N) is 2. The molecule has 0 bridgehead atoms. The Bertz CT molecular complexity index is 650. The highest BCUT2D eigenvalue weighted by molar-refractivity contribution is 6.31. The Kier molecular flexibility index (Phi) is 5.26. The van der Waals surface area contributed by atoms with E-state index in [9.17, 15) is 4.39 Å². The highest BCUT2D eigenvalue weighted by Crippen LogP contribution is 2.31. The number of hydrogen-bond acceptors (Lipinski definition) is 3. The molecule has 1 aromatic heterocycles. The number of pyridine rings is 1.